The maximum absolute atomic E-state index is 6.04. The standard InChI is InChI=1S/C10H16N2S/c1-3-10(2)7(6-8(10)11)9-12-4-5-13-9/h4-5,7-8H,3,6,11H2,1-2H3. The molecule has 1 fully saturated rings. The minimum Gasteiger partial charge on any atom is -0.327 e. The van der Waals surface area contributed by atoms with Gasteiger partial charge in [-0.15, -0.1) is 11.3 Å². The maximum Gasteiger partial charge on any atom is 0.0962 e. The van der Waals surface area contributed by atoms with Crippen molar-refractivity contribution in [1.29, 1.82) is 0 Å². The van der Waals surface area contributed by atoms with Crippen molar-refractivity contribution >= 4 is 11.3 Å². The fourth-order valence-electron chi connectivity index (χ4n) is 2.19. The van der Waals surface area contributed by atoms with E-state index in [0.29, 0.717) is 12.0 Å². The number of thiazole rings is 1. The smallest absolute Gasteiger partial charge is 0.0962 e. The van der Waals surface area contributed by atoms with Crippen molar-refractivity contribution in [1.82, 2.24) is 4.98 Å². The highest BCUT2D eigenvalue weighted by molar-refractivity contribution is 7.09. The topological polar surface area (TPSA) is 38.9 Å². The molecule has 72 valence electrons. The van der Waals surface area contributed by atoms with Gasteiger partial charge >= 0.3 is 0 Å². The summed E-state index contributed by atoms with van der Waals surface area (Å²) in [5.74, 6) is 0.604. The molecule has 1 heterocycles. The van der Waals surface area contributed by atoms with Crippen LogP contribution in [0.5, 0.6) is 0 Å². The van der Waals surface area contributed by atoms with Crippen LogP contribution in [0.3, 0.4) is 0 Å². The van der Waals surface area contributed by atoms with E-state index in [-0.39, 0.29) is 5.41 Å². The van der Waals surface area contributed by atoms with Crippen LogP contribution in [-0.2, 0) is 0 Å². The van der Waals surface area contributed by atoms with E-state index in [1.807, 2.05) is 6.20 Å². The normalized spacial score (nSPS) is 38.7. The second-order valence-electron chi connectivity index (χ2n) is 4.12. The van der Waals surface area contributed by atoms with Gasteiger partial charge in [-0.1, -0.05) is 13.8 Å². The lowest BCUT2D eigenvalue weighted by molar-refractivity contribution is 0.0704. The summed E-state index contributed by atoms with van der Waals surface area (Å²) in [7, 11) is 0. The molecule has 0 aliphatic heterocycles. The van der Waals surface area contributed by atoms with Gasteiger partial charge in [-0.3, -0.25) is 0 Å². The van der Waals surface area contributed by atoms with Crippen molar-refractivity contribution in [2.24, 2.45) is 11.1 Å². The summed E-state index contributed by atoms with van der Waals surface area (Å²) in [5.41, 5.74) is 6.33. The molecule has 1 saturated carbocycles. The third-order valence-corrected chi connectivity index (χ3v) is 4.53. The predicted molar refractivity (Wildman–Crippen MR) is 55.8 cm³/mol. The molecule has 0 radical (unpaired) electrons. The van der Waals surface area contributed by atoms with Crippen LogP contribution in [0, 0.1) is 5.41 Å². The van der Waals surface area contributed by atoms with Gasteiger partial charge in [0.15, 0.2) is 0 Å². The number of rotatable bonds is 2. The molecule has 0 spiro atoms. The fourth-order valence-corrected chi connectivity index (χ4v) is 3.10. The van der Waals surface area contributed by atoms with E-state index in [2.05, 4.69) is 24.2 Å². The van der Waals surface area contributed by atoms with E-state index >= 15 is 0 Å². The Kier molecular flexibility index (Phi) is 2.16. The second kappa shape index (κ2) is 3.07. The molecule has 3 unspecified atom stereocenters. The largest absolute Gasteiger partial charge is 0.327 e. The predicted octanol–water partition coefficient (Wildman–Crippen LogP) is 2.37. The average Bonchev–Trinajstić information content (AvgIpc) is 2.65. The average molecular weight is 196 g/mol. The van der Waals surface area contributed by atoms with Gasteiger partial charge in [-0.25, -0.2) is 4.98 Å². The van der Waals surface area contributed by atoms with Crippen LogP contribution in [0.15, 0.2) is 11.6 Å². The first-order valence-electron chi connectivity index (χ1n) is 4.83. The van der Waals surface area contributed by atoms with E-state index in [1.165, 1.54) is 5.01 Å². The molecule has 2 N–H and O–H groups in total. The lowest BCUT2D eigenvalue weighted by Crippen LogP contribution is -2.54. The first-order chi connectivity index (χ1) is 6.18. The molecule has 2 rings (SSSR count). The first-order valence-corrected chi connectivity index (χ1v) is 5.71. The molecule has 1 aliphatic rings. The summed E-state index contributed by atoms with van der Waals surface area (Å²) >= 11 is 1.76. The Morgan fingerprint density at radius 3 is 3.00 bits per heavy atom. The highest BCUT2D eigenvalue weighted by atomic mass is 32.1. The van der Waals surface area contributed by atoms with Gasteiger partial charge in [0.1, 0.15) is 0 Å². The number of aromatic nitrogens is 1. The minimum atomic E-state index is 0.290. The van der Waals surface area contributed by atoms with Gasteiger partial charge in [-0.05, 0) is 18.3 Å². The Morgan fingerprint density at radius 2 is 2.54 bits per heavy atom. The van der Waals surface area contributed by atoms with Gasteiger partial charge in [0, 0.05) is 23.5 Å². The van der Waals surface area contributed by atoms with Crippen molar-refractivity contribution in [3.05, 3.63) is 16.6 Å². The van der Waals surface area contributed by atoms with E-state index in [9.17, 15) is 0 Å². The van der Waals surface area contributed by atoms with E-state index in [4.69, 9.17) is 5.73 Å². The summed E-state index contributed by atoms with van der Waals surface area (Å²) in [6.45, 7) is 4.51. The zero-order valence-electron chi connectivity index (χ0n) is 8.16. The molecule has 0 saturated heterocycles. The summed E-state index contributed by atoms with van der Waals surface area (Å²) in [4.78, 5) is 4.38. The summed E-state index contributed by atoms with van der Waals surface area (Å²) in [5, 5.41) is 3.32. The van der Waals surface area contributed by atoms with Crippen molar-refractivity contribution < 1.29 is 0 Å². The molecule has 0 amide bonds. The van der Waals surface area contributed by atoms with Gasteiger partial charge in [0.25, 0.3) is 0 Å². The van der Waals surface area contributed by atoms with Crippen molar-refractivity contribution in [2.45, 2.75) is 38.6 Å². The van der Waals surface area contributed by atoms with E-state index < -0.39 is 0 Å². The number of hydrogen-bond donors (Lipinski definition) is 1. The SMILES string of the molecule is CCC1(C)C(N)CC1c1nccs1. The molecule has 3 atom stereocenters. The van der Waals surface area contributed by atoms with Crippen LogP contribution >= 0.6 is 11.3 Å². The van der Waals surface area contributed by atoms with Crippen LogP contribution in [0.1, 0.15) is 37.6 Å². The first kappa shape index (κ1) is 9.16. The summed E-state index contributed by atoms with van der Waals surface area (Å²) in [6, 6.07) is 0.367. The van der Waals surface area contributed by atoms with E-state index in [0.717, 1.165) is 12.8 Å². The molecule has 1 aromatic rings. The second-order valence-corrected chi connectivity index (χ2v) is 5.05. The molecule has 1 aliphatic carbocycles. The zero-order chi connectivity index (χ0) is 9.47. The summed E-state index contributed by atoms with van der Waals surface area (Å²) < 4.78 is 0. The van der Waals surface area contributed by atoms with Crippen molar-refractivity contribution in [3.8, 4) is 0 Å². The highest BCUT2D eigenvalue weighted by Gasteiger charge is 2.49. The Morgan fingerprint density at radius 1 is 1.77 bits per heavy atom. The molecule has 0 aromatic carbocycles. The Bertz CT molecular complexity index is 283. The monoisotopic (exact) mass is 196 g/mol. The third-order valence-electron chi connectivity index (χ3n) is 3.64. The Labute approximate surface area is 83.2 Å². The lowest BCUT2D eigenvalue weighted by atomic mass is 9.56. The van der Waals surface area contributed by atoms with Crippen molar-refractivity contribution in [3.63, 3.8) is 0 Å². The zero-order valence-corrected chi connectivity index (χ0v) is 8.97. The number of nitrogens with two attached hydrogens (primary N) is 1. The van der Waals surface area contributed by atoms with Crippen LogP contribution < -0.4 is 5.73 Å². The minimum absolute atomic E-state index is 0.290. The van der Waals surface area contributed by atoms with Gasteiger partial charge in [0.05, 0.1) is 5.01 Å². The molecular weight excluding hydrogens is 180 g/mol. The quantitative estimate of drug-likeness (QED) is 0.788. The van der Waals surface area contributed by atoms with Crippen molar-refractivity contribution in [2.75, 3.05) is 0 Å². The molecular formula is C10H16N2S. The van der Waals surface area contributed by atoms with Crippen LogP contribution in [0.4, 0.5) is 0 Å². The van der Waals surface area contributed by atoms with Gasteiger partial charge in [0.2, 0.25) is 0 Å². The summed E-state index contributed by atoms with van der Waals surface area (Å²) in [6.07, 6.45) is 4.15. The van der Waals surface area contributed by atoms with Gasteiger partial charge < -0.3 is 5.73 Å². The van der Waals surface area contributed by atoms with Crippen LogP contribution in [-0.4, -0.2) is 11.0 Å². The maximum atomic E-state index is 6.04. The molecule has 2 nitrogen and oxygen atoms in total. The Hall–Kier alpha value is -0.410. The number of hydrogen-bond acceptors (Lipinski definition) is 3. The molecule has 0 bridgehead atoms. The molecule has 13 heavy (non-hydrogen) atoms. The molecule has 3 heteroatoms. The molecule has 1 aromatic heterocycles. The number of nitrogens with zero attached hydrogens (tertiary/aromatic N) is 1. The van der Waals surface area contributed by atoms with Gasteiger partial charge in [-0.2, -0.15) is 0 Å². The fraction of sp³-hybridized carbons (Fsp3) is 0.700. The van der Waals surface area contributed by atoms with Crippen LogP contribution in [0.2, 0.25) is 0 Å². The lowest BCUT2D eigenvalue weighted by Gasteiger charge is -2.51. The Balaban J connectivity index is 2.20. The highest BCUT2D eigenvalue weighted by Crippen LogP contribution is 2.54. The van der Waals surface area contributed by atoms with Crippen LogP contribution in [0.25, 0.3) is 0 Å². The third kappa shape index (κ3) is 1.22. The van der Waals surface area contributed by atoms with E-state index in [1.54, 1.807) is 11.3 Å².